The van der Waals surface area contributed by atoms with E-state index in [-0.39, 0.29) is 0 Å². The number of aliphatic hydroxyl groups is 1. The molecule has 0 aliphatic heterocycles. The molecule has 0 spiro atoms. The van der Waals surface area contributed by atoms with E-state index in [0.29, 0.717) is 12.8 Å². The number of nitrogens with zero attached hydrogens (tertiary/aromatic N) is 2. The Morgan fingerprint density at radius 1 is 1.20 bits per heavy atom. The third-order valence-electron chi connectivity index (χ3n) is 2.06. The number of aromatic nitrogens is 2. The Morgan fingerprint density at radius 2 is 2.13 bits per heavy atom. The molecular formula is C11H12N2OS. The van der Waals surface area contributed by atoms with E-state index < -0.39 is 6.10 Å². The third-order valence-corrected chi connectivity index (χ3v) is 2.87. The summed E-state index contributed by atoms with van der Waals surface area (Å²) in [5.74, 6) is 0. The molecule has 0 radical (unpaired) electrons. The maximum absolute atomic E-state index is 9.80. The molecule has 0 aromatic carbocycles. The van der Waals surface area contributed by atoms with Gasteiger partial charge in [-0.15, -0.1) is 11.3 Å². The number of aliphatic hydroxyl groups excluding tert-OH is 1. The van der Waals surface area contributed by atoms with Crippen LogP contribution in [-0.2, 0) is 12.8 Å². The van der Waals surface area contributed by atoms with E-state index in [1.165, 1.54) is 0 Å². The van der Waals surface area contributed by atoms with Gasteiger partial charge in [0, 0.05) is 36.3 Å². The van der Waals surface area contributed by atoms with Crippen molar-refractivity contribution in [3.63, 3.8) is 0 Å². The highest BCUT2D eigenvalue weighted by atomic mass is 32.1. The van der Waals surface area contributed by atoms with Crippen LogP contribution in [0.25, 0.3) is 0 Å². The lowest BCUT2D eigenvalue weighted by Crippen LogP contribution is -2.14. The summed E-state index contributed by atoms with van der Waals surface area (Å²) in [5, 5.41) is 12.7. The molecule has 1 unspecified atom stereocenters. The van der Waals surface area contributed by atoms with Crippen molar-refractivity contribution in [3.8, 4) is 0 Å². The van der Waals surface area contributed by atoms with E-state index >= 15 is 0 Å². The molecule has 78 valence electrons. The fourth-order valence-corrected chi connectivity index (χ4v) is 2.08. The predicted octanol–water partition coefficient (Wildman–Crippen LogP) is 1.68. The highest BCUT2D eigenvalue weighted by Gasteiger charge is 2.08. The highest BCUT2D eigenvalue weighted by molar-refractivity contribution is 7.09. The van der Waals surface area contributed by atoms with Gasteiger partial charge in [0.25, 0.3) is 0 Å². The van der Waals surface area contributed by atoms with E-state index in [9.17, 15) is 5.11 Å². The fourth-order valence-electron chi connectivity index (χ4n) is 1.39. The summed E-state index contributed by atoms with van der Waals surface area (Å²) in [4.78, 5) is 8.31. The number of hydrogen-bond acceptors (Lipinski definition) is 4. The van der Waals surface area contributed by atoms with Crippen LogP contribution in [0.4, 0.5) is 0 Å². The van der Waals surface area contributed by atoms with Crippen molar-refractivity contribution in [1.82, 2.24) is 9.97 Å². The van der Waals surface area contributed by atoms with Gasteiger partial charge in [-0.2, -0.15) is 0 Å². The van der Waals surface area contributed by atoms with Crippen LogP contribution in [0.15, 0.2) is 36.0 Å². The largest absolute Gasteiger partial charge is 0.392 e. The molecule has 2 aromatic heterocycles. The molecule has 2 aromatic rings. The molecule has 0 aliphatic rings. The summed E-state index contributed by atoms with van der Waals surface area (Å²) in [6, 6.07) is 5.72. The summed E-state index contributed by atoms with van der Waals surface area (Å²) < 4.78 is 0. The summed E-state index contributed by atoms with van der Waals surface area (Å²) in [7, 11) is 0. The number of rotatable bonds is 4. The first-order chi connectivity index (χ1) is 7.34. The van der Waals surface area contributed by atoms with Crippen LogP contribution in [0.5, 0.6) is 0 Å². The van der Waals surface area contributed by atoms with Gasteiger partial charge in [0.05, 0.1) is 11.1 Å². The lowest BCUT2D eigenvalue weighted by atomic mass is 10.1. The molecule has 2 rings (SSSR count). The second-order valence-corrected chi connectivity index (χ2v) is 4.29. The van der Waals surface area contributed by atoms with Crippen molar-refractivity contribution >= 4 is 11.3 Å². The molecule has 15 heavy (non-hydrogen) atoms. The molecule has 0 fully saturated rings. The van der Waals surface area contributed by atoms with Crippen molar-refractivity contribution in [1.29, 1.82) is 0 Å². The van der Waals surface area contributed by atoms with Crippen molar-refractivity contribution in [2.45, 2.75) is 18.9 Å². The Kier molecular flexibility index (Phi) is 3.42. The Bertz CT molecular complexity index is 388. The first-order valence-electron chi connectivity index (χ1n) is 4.81. The zero-order valence-corrected chi connectivity index (χ0v) is 9.02. The second-order valence-electron chi connectivity index (χ2n) is 3.31. The Morgan fingerprint density at radius 3 is 2.80 bits per heavy atom. The zero-order valence-electron chi connectivity index (χ0n) is 8.21. The van der Waals surface area contributed by atoms with E-state index in [2.05, 4.69) is 9.97 Å². The minimum Gasteiger partial charge on any atom is -0.392 e. The second kappa shape index (κ2) is 5.00. The molecule has 0 aliphatic carbocycles. The average molecular weight is 220 g/mol. The standard InChI is InChI=1S/C11H12N2OS/c14-10(8-11-13-5-6-15-11)7-9-3-1-2-4-12-9/h1-6,10,14H,7-8H2. The summed E-state index contributed by atoms with van der Waals surface area (Å²) >= 11 is 1.57. The Labute approximate surface area is 92.5 Å². The van der Waals surface area contributed by atoms with Crippen molar-refractivity contribution in [3.05, 3.63) is 46.7 Å². The van der Waals surface area contributed by atoms with Crippen LogP contribution in [0.3, 0.4) is 0 Å². The van der Waals surface area contributed by atoms with Crippen LogP contribution in [0, 0.1) is 0 Å². The molecule has 0 bridgehead atoms. The maximum Gasteiger partial charge on any atom is 0.0950 e. The van der Waals surface area contributed by atoms with Crippen LogP contribution >= 0.6 is 11.3 Å². The molecule has 0 saturated heterocycles. The van der Waals surface area contributed by atoms with Crippen LogP contribution in [0.1, 0.15) is 10.7 Å². The molecule has 3 nitrogen and oxygen atoms in total. The number of hydrogen-bond donors (Lipinski definition) is 1. The van der Waals surface area contributed by atoms with E-state index in [1.807, 2.05) is 23.6 Å². The first kappa shape index (κ1) is 10.3. The molecule has 0 saturated carbocycles. The minimum atomic E-state index is -0.397. The van der Waals surface area contributed by atoms with Gasteiger partial charge in [0.15, 0.2) is 0 Å². The topological polar surface area (TPSA) is 46.0 Å². The van der Waals surface area contributed by atoms with Crippen LogP contribution in [0.2, 0.25) is 0 Å². The van der Waals surface area contributed by atoms with Gasteiger partial charge >= 0.3 is 0 Å². The number of pyridine rings is 1. The van der Waals surface area contributed by atoms with Crippen molar-refractivity contribution in [2.24, 2.45) is 0 Å². The third kappa shape index (κ3) is 3.11. The van der Waals surface area contributed by atoms with Crippen LogP contribution < -0.4 is 0 Å². The minimum absolute atomic E-state index is 0.397. The monoisotopic (exact) mass is 220 g/mol. The highest BCUT2D eigenvalue weighted by Crippen LogP contribution is 2.09. The molecule has 4 heteroatoms. The van der Waals surface area contributed by atoms with Gasteiger partial charge < -0.3 is 5.11 Å². The van der Waals surface area contributed by atoms with Gasteiger partial charge in [-0.1, -0.05) is 6.07 Å². The lowest BCUT2D eigenvalue weighted by Gasteiger charge is -2.07. The van der Waals surface area contributed by atoms with Gasteiger partial charge in [0.1, 0.15) is 0 Å². The molecule has 1 N–H and O–H groups in total. The quantitative estimate of drug-likeness (QED) is 0.852. The van der Waals surface area contributed by atoms with E-state index in [0.717, 1.165) is 10.7 Å². The van der Waals surface area contributed by atoms with Crippen LogP contribution in [-0.4, -0.2) is 21.2 Å². The van der Waals surface area contributed by atoms with Gasteiger partial charge in [0.2, 0.25) is 0 Å². The smallest absolute Gasteiger partial charge is 0.0950 e. The molecular weight excluding hydrogens is 208 g/mol. The Balaban J connectivity index is 1.90. The summed E-state index contributed by atoms with van der Waals surface area (Å²) in [6.45, 7) is 0. The zero-order chi connectivity index (χ0) is 10.5. The molecule has 0 amide bonds. The molecule has 1 atom stereocenters. The maximum atomic E-state index is 9.80. The first-order valence-corrected chi connectivity index (χ1v) is 5.69. The summed E-state index contributed by atoms with van der Waals surface area (Å²) in [5.41, 5.74) is 0.918. The summed E-state index contributed by atoms with van der Waals surface area (Å²) in [6.07, 6.45) is 4.29. The predicted molar refractivity (Wildman–Crippen MR) is 59.8 cm³/mol. The van der Waals surface area contributed by atoms with Crippen molar-refractivity contribution < 1.29 is 5.11 Å². The lowest BCUT2D eigenvalue weighted by molar-refractivity contribution is 0.174. The van der Waals surface area contributed by atoms with E-state index in [4.69, 9.17) is 0 Å². The van der Waals surface area contributed by atoms with Gasteiger partial charge in [-0.3, -0.25) is 4.98 Å². The average Bonchev–Trinajstić information content (AvgIpc) is 2.71. The van der Waals surface area contributed by atoms with Gasteiger partial charge in [-0.25, -0.2) is 4.98 Å². The van der Waals surface area contributed by atoms with Crippen molar-refractivity contribution in [2.75, 3.05) is 0 Å². The normalized spacial score (nSPS) is 12.6. The molecule has 2 heterocycles. The van der Waals surface area contributed by atoms with E-state index in [1.54, 1.807) is 23.7 Å². The Hall–Kier alpha value is -1.26. The fraction of sp³-hybridized carbons (Fsp3) is 0.273. The van der Waals surface area contributed by atoms with Gasteiger partial charge in [-0.05, 0) is 12.1 Å². The number of thiazole rings is 1. The SMILES string of the molecule is OC(Cc1ccccn1)Cc1nccs1.